The molecule has 1 atom stereocenters. The highest BCUT2D eigenvalue weighted by Crippen LogP contribution is 2.36. The van der Waals surface area contributed by atoms with Crippen LogP contribution in [0.25, 0.3) is 0 Å². The fourth-order valence-electron chi connectivity index (χ4n) is 3.53. The smallest absolute Gasteiger partial charge is 0.303 e. The lowest BCUT2D eigenvalue weighted by atomic mass is 9.89. The third-order valence-corrected chi connectivity index (χ3v) is 4.97. The Morgan fingerprint density at radius 2 is 2.04 bits per heavy atom. The second-order valence-corrected chi connectivity index (χ2v) is 6.82. The van der Waals surface area contributed by atoms with Crippen LogP contribution in [0, 0.1) is 23.0 Å². The molecular formula is C18H22N4O3. The number of hydrogen-bond donors (Lipinski definition) is 0. The number of carbonyl (C=O) groups is 1. The number of rotatable bonds is 3. The van der Waals surface area contributed by atoms with Crippen molar-refractivity contribution < 1.29 is 9.72 Å². The summed E-state index contributed by atoms with van der Waals surface area (Å²) in [6.07, 6.45) is 1.73. The number of aromatic nitrogens is 2. The predicted octanol–water partition coefficient (Wildman–Crippen LogP) is 3.25. The molecule has 3 rings (SSSR count). The van der Waals surface area contributed by atoms with Crippen molar-refractivity contribution in [1.82, 2.24) is 9.78 Å². The van der Waals surface area contributed by atoms with Crippen molar-refractivity contribution >= 4 is 17.3 Å². The molecule has 1 aromatic heterocycles. The van der Waals surface area contributed by atoms with E-state index >= 15 is 0 Å². The largest absolute Gasteiger partial charge is 0.322 e. The quantitative estimate of drug-likeness (QED) is 0.633. The van der Waals surface area contributed by atoms with Crippen molar-refractivity contribution in [2.45, 2.75) is 39.7 Å². The van der Waals surface area contributed by atoms with Crippen molar-refractivity contribution in [3.8, 4) is 0 Å². The number of amides is 1. The number of hydrogen-bond acceptors (Lipinski definition) is 4. The average Bonchev–Trinajstić information content (AvgIpc) is 2.88. The number of nitro groups is 1. The third kappa shape index (κ3) is 2.79. The first kappa shape index (κ1) is 17.1. The van der Waals surface area contributed by atoms with Gasteiger partial charge in [0.2, 0.25) is 5.69 Å². The zero-order chi connectivity index (χ0) is 18.3. The molecule has 1 aliphatic rings. The van der Waals surface area contributed by atoms with Gasteiger partial charge in [0.15, 0.2) is 0 Å². The Kier molecular flexibility index (Phi) is 4.32. The van der Waals surface area contributed by atoms with Gasteiger partial charge in [-0.05, 0) is 37.3 Å². The summed E-state index contributed by atoms with van der Waals surface area (Å²) < 4.78 is 1.39. The van der Waals surface area contributed by atoms with E-state index in [1.165, 1.54) is 4.68 Å². The van der Waals surface area contributed by atoms with Gasteiger partial charge >= 0.3 is 5.69 Å². The van der Waals surface area contributed by atoms with Gasteiger partial charge in [0.05, 0.1) is 4.92 Å². The van der Waals surface area contributed by atoms with E-state index in [1.54, 1.807) is 18.9 Å². The number of nitrogens with zero attached hydrogens (tertiary/aromatic N) is 4. The van der Waals surface area contributed by atoms with Crippen molar-refractivity contribution in [3.05, 3.63) is 51.3 Å². The monoisotopic (exact) mass is 342 g/mol. The minimum absolute atomic E-state index is 0.00989. The molecule has 0 saturated heterocycles. The summed E-state index contributed by atoms with van der Waals surface area (Å²) in [5, 5.41) is 15.6. The number of aryl methyl sites for hydroxylation is 2. The molecule has 0 fully saturated rings. The molecule has 0 saturated carbocycles. The second-order valence-electron chi connectivity index (χ2n) is 6.82. The fourth-order valence-corrected chi connectivity index (χ4v) is 3.53. The Morgan fingerprint density at radius 3 is 2.68 bits per heavy atom. The molecule has 0 N–H and O–H groups in total. The Balaban J connectivity index is 2.14. The van der Waals surface area contributed by atoms with Crippen LogP contribution in [0.5, 0.6) is 0 Å². The van der Waals surface area contributed by atoms with Crippen LogP contribution in [0.3, 0.4) is 0 Å². The summed E-state index contributed by atoms with van der Waals surface area (Å²) in [6.45, 7) is 5.74. The van der Waals surface area contributed by atoms with Crippen LogP contribution in [0.4, 0.5) is 11.4 Å². The summed E-state index contributed by atoms with van der Waals surface area (Å²) in [7, 11) is 1.61. The van der Waals surface area contributed by atoms with Gasteiger partial charge in [-0.25, -0.2) is 0 Å². The highest BCUT2D eigenvalue weighted by atomic mass is 16.6. The number of fused-ring (bicyclic) bond motifs is 1. The Morgan fingerprint density at radius 1 is 1.36 bits per heavy atom. The van der Waals surface area contributed by atoms with Crippen LogP contribution in [0.15, 0.2) is 24.3 Å². The first-order chi connectivity index (χ1) is 11.8. The van der Waals surface area contributed by atoms with E-state index in [0.717, 1.165) is 24.1 Å². The van der Waals surface area contributed by atoms with Crippen LogP contribution >= 0.6 is 0 Å². The van der Waals surface area contributed by atoms with E-state index in [0.29, 0.717) is 5.69 Å². The van der Waals surface area contributed by atoms with Gasteiger partial charge in [0, 0.05) is 18.8 Å². The molecule has 7 nitrogen and oxygen atoms in total. The number of anilines is 1. The summed E-state index contributed by atoms with van der Waals surface area (Å²) in [5.41, 5.74) is 1.99. The van der Waals surface area contributed by atoms with E-state index in [1.807, 2.05) is 24.3 Å². The van der Waals surface area contributed by atoms with Gasteiger partial charge in [-0.3, -0.25) is 19.6 Å². The van der Waals surface area contributed by atoms with E-state index < -0.39 is 10.8 Å². The maximum Gasteiger partial charge on any atom is 0.322 e. The molecular weight excluding hydrogens is 320 g/mol. The molecule has 1 amide bonds. The minimum atomic E-state index is -0.518. The number of carbonyl (C=O) groups excluding carboxylic acids is 1. The lowest BCUT2D eigenvalue weighted by Crippen LogP contribution is -2.46. The molecule has 1 aromatic carbocycles. The maximum atomic E-state index is 13.3. The normalized spacial score (nSPS) is 16.8. The standard InChI is InChI=1S/C18H22N4O3/c1-11(2)14-10-9-13-7-5-6-8-15(13)21(14)18(23)16-17(22(24)25)12(3)20(4)19-16/h5-8,11,14H,9-10H2,1-4H3/t14-/m1/s1. The summed E-state index contributed by atoms with van der Waals surface area (Å²) in [6, 6.07) is 7.74. The maximum absolute atomic E-state index is 13.3. The first-order valence-electron chi connectivity index (χ1n) is 8.42. The van der Waals surface area contributed by atoms with Gasteiger partial charge < -0.3 is 4.90 Å². The molecule has 2 heterocycles. The average molecular weight is 342 g/mol. The molecule has 0 unspecified atom stereocenters. The van der Waals surface area contributed by atoms with Gasteiger partial charge in [0.1, 0.15) is 5.69 Å². The van der Waals surface area contributed by atoms with Crippen molar-refractivity contribution in [2.24, 2.45) is 13.0 Å². The topological polar surface area (TPSA) is 81.3 Å². The van der Waals surface area contributed by atoms with E-state index in [9.17, 15) is 14.9 Å². The zero-order valence-electron chi connectivity index (χ0n) is 14.9. The second kappa shape index (κ2) is 6.31. The summed E-state index contributed by atoms with van der Waals surface area (Å²) in [5.74, 6) is -0.164. The van der Waals surface area contributed by atoms with Crippen molar-refractivity contribution in [1.29, 1.82) is 0 Å². The first-order valence-corrected chi connectivity index (χ1v) is 8.42. The molecule has 0 bridgehead atoms. The van der Waals surface area contributed by atoms with Crippen molar-refractivity contribution in [2.75, 3.05) is 4.90 Å². The molecule has 0 spiro atoms. The molecule has 1 aliphatic heterocycles. The van der Waals surface area contributed by atoms with Crippen LogP contribution in [-0.2, 0) is 13.5 Å². The highest BCUT2D eigenvalue weighted by molar-refractivity contribution is 6.08. The fraction of sp³-hybridized carbons (Fsp3) is 0.444. The molecule has 132 valence electrons. The van der Waals surface area contributed by atoms with Crippen LogP contribution in [-0.4, -0.2) is 26.7 Å². The van der Waals surface area contributed by atoms with E-state index in [2.05, 4.69) is 18.9 Å². The van der Waals surface area contributed by atoms with Gasteiger partial charge in [0.25, 0.3) is 5.91 Å². The Bertz CT molecular complexity index is 841. The molecule has 25 heavy (non-hydrogen) atoms. The molecule has 7 heteroatoms. The summed E-state index contributed by atoms with van der Waals surface area (Å²) in [4.78, 5) is 26.0. The minimum Gasteiger partial charge on any atom is -0.303 e. The summed E-state index contributed by atoms with van der Waals surface area (Å²) >= 11 is 0. The third-order valence-electron chi connectivity index (χ3n) is 4.97. The van der Waals surface area contributed by atoms with Gasteiger partial charge in [-0.2, -0.15) is 5.10 Å². The van der Waals surface area contributed by atoms with Gasteiger partial charge in [-0.15, -0.1) is 0 Å². The molecule has 0 radical (unpaired) electrons. The molecule has 2 aromatic rings. The van der Waals surface area contributed by atoms with E-state index in [-0.39, 0.29) is 23.3 Å². The van der Waals surface area contributed by atoms with Crippen LogP contribution in [0.2, 0.25) is 0 Å². The Hall–Kier alpha value is -2.70. The van der Waals surface area contributed by atoms with E-state index in [4.69, 9.17) is 0 Å². The zero-order valence-corrected chi connectivity index (χ0v) is 14.9. The predicted molar refractivity (Wildman–Crippen MR) is 94.8 cm³/mol. The van der Waals surface area contributed by atoms with Gasteiger partial charge in [-0.1, -0.05) is 32.0 Å². The number of para-hydroxylation sites is 1. The SMILES string of the molecule is Cc1c([N+](=O)[O-])c(C(=O)N2c3ccccc3CC[C@@H]2C(C)C)nn1C. The number of benzene rings is 1. The molecule has 0 aliphatic carbocycles. The van der Waals surface area contributed by atoms with Crippen LogP contribution in [0.1, 0.15) is 42.0 Å². The lowest BCUT2D eigenvalue weighted by Gasteiger charge is -2.39. The highest BCUT2D eigenvalue weighted by Gasteiger charge is 2.38. The van der Waals surface area contributed by atoms with Crippen molar-refractivity contribution in [3.63, 3.8) is 0 Å². The Labute approximate surface area is 146 Å². The lowest BCUT2D eigenvalue weighted by molar-refractivity contribution is -0.385. The van der Waals surface area contributed by atoms with Crippen LogP contribution < -0.4 is 4.90 Å².